The van der Waals surface area contributed by atoms with E-state index in [1.165, 1.54) is 16.8 Å². The van der Waals surface area contributed by atoms with Gasteiger partial charge in [0.1, 0.15) is 11.6 Å². The van der Waals surface area contributed by atoms with Crippen LogP contribution >= 0.6 is 0 Å². The minimum absolute atomic E-state index is 0.0433. The maximum atomic E-state index is 13.3. The molecular weight excluding hydrogens is 283 g/mol. The Morgan fingerprint density at radius 1 is 1.40 bits per heavy atom. The number of nitrogens with one attached hydrogen (secondary N) is 1. The second-order valence-electron chi connectivity index (χ2n) is 4.36. The van der Waals surface area contributed by atoms with Gasteiger partial charge in [-0.25, -0.2) is 12.8 Å². The summed E-state index contributed by atoms with van der Waals surface area (Å²) < 4.78 is 41.6. The van der Waals surface area contributed by atoms with Gasteiger partial charge in [-0.2, -0.15) is 5.10 Å². The molecule has 0 saturated carbocycles. The molecule has 20 heavy (non-hydrogen) atoms. The van der Waals surface area contributed by atoms with Crippen molar-refractivity contribution >= 4 is 15.8 Å². The zero-order valence-corrected chi connectivity index (χ0v) is 11.9. The van der Waals surface area contributed by atoms with Crippen molar-refractivity contribution < 1.29 is 12.8 Å². The normalized spacial score (nSPS) is 11.6. The summed E-state index contributed by atoms with van der Waals surface area (Å²) in [7, 11) is -2.18. The van der Waals surface area contributed by atoms with Crippen LogP contribution in [0.5, 0.6) is 0 Å². The lowest BCUT2D eigenvalue weighted by molar-refractivity contribution is 0.595. The summed E-state index contributed by atoms with van der Waals surface area (Å²) in [6, 6.07) is 5.11. The first-order valence-electron chi connectivity index (χ1n) is 5.85. The second-order valence-corrected chi connectivity index (χ2v) is 6.04. The summed E-state index contributed by atoms with van der Waals surface area (Å²) in [6.45, 7) is 1.68. The van der Waals surface area contributed by atoms with E-state index in [9.17, 15) is 12.8 Å². The van der Waals surface area contributed by atoms with E-state index in [1.807, 2.05) is 0 Å². The largest absolute Gasteiger partial charge is 0.326 e. The van der Waals surface area contributed by atoms with Crippen LogP contribution in [0.1, 0.15) is 11.3 Å². The number of nitrogens with two attached hydrogens (primary N) is 1. The highest BCUT2D eigenvalue weighted by Crippen LogP contribution is 2.19. The molecule has 6 nitrogen and oxygen atoms in total. The lowest BCUT2D eigenvalue weighted by Crippen LogP contribution is -2.16. The molecule has 0 spiro atoms. The van der Waals surface area contributed by atoms with E-state index in [1.54, 1.807) is 20.0 Å². The molecule has 1 aromatic heterocycles. The fourth-order valence-electron chi connectivity index (χ4n) is 1.78. The van der Waals surface area contributed by atoms with Gasteiger partial charge in [-0.05, 0) is 25.1 Å². The molecule has 0 atom stereocenters. The van der Waals surface area contributed by atoms with E-state index >= 15 is 0 Å². The molecule has 0 amide bonds. The third-order valence-electron chi connectivity index (χ3n) is 2.79. The van der Waals surface area contributed by atoms with Crippen LogP contribution < -0.4 is 10.5 Å². The van der Waals surface area contributed by atoms with Gasteiger partial charge in [0.05, 0.1) is 10.6 Å². The van der Waals surface area contributed by atoms with Gasteiger partial charge in [0.25, 0.3) is 10.0 Å². The van der Waals surface area contributed by atoms with Gasteiger partial charge in [0, 0.05) is 25.2 Å². The minimum Gasteiger partial charge on any atom is -0.326 e. The van der Waals surface area contributed by atoms with Crippen LogP contribution in [-0.2, 0) is 23.6 Å². The van der Waals surface area contributed by atoms with Crippen molar-refractivity contribution in [2.45, 2.75) is 18.4 Å². The first kappa shape index (κ1) is 14.5. The summed E-state index contributed by atoms with van der Waals surface area (Å²) in [4.78, 5) is -0.0433. The fraction of sp³-hybridized carbons (Fsp3) is 0.250. The Hall–Kier alpha value is -1.93. The number of hydrogen-bond donors (Lipinski definition) is 2. The standard InChI is InChI=1S/C12H15FN4O2S/c1-8-5-12(17(2)15-8)16-20(18,19)10-3-4-11(13)9(6-10)7-14/h3-6,16H,7,14H2,1-2H3. The summed E-state index contributed by atoms with van der Waals surface area (Å²) in [6.07, 6.45) is 0. The predicted molar refractivity (Wildman–Crippen MR) is 73.0 cm³/mol. The number of hydrogen-bond acceptors (Lipinski definition) is 4. The van der Waals surface area contributed by atoms with E-state index < -0.39 is 15.8 Å². The average Bonchev–Trinajstić information content (AvgIpc) is 2.67. The van der Waals surface area contributed by atoms with E-state index in [4.69, 9.17) is 5.73 Å². The number of rotatable bonds is 4. The molecule has 2 aromatic rings. The van der Waals surface area contributed by atoms with Crippen molar-refractivity contribution in [3.63, 3.8) is 0 Å². The second kappa shape index (κ2) is 5.22. The maximum Gasteiger partial charge on any atom is 0.263 e. The molecule has 0 aliphatic heterocycles. The van der Waals surface area contributed by atoms with Gasteiger partial charge >= 0.3 is 0 Å². The van der Waals surface area contributed by atoms with Crippen LogP contribution in [0.25, 0.3) is 0 Å². The molecule has 0 bridgehead atoms. The molecule has 108 valence electrons. The smallest absolute Gasteiger partial charge is 0.263 e. The average molecular weight is 298 g/mol. The Balaban J connectivity index is 2.38. The molecule has 0 aliphatic carbocycles. The summed E-state index contributed by atoms with van der Waals surface area (Å²) >= 11 is 0. The van der Waals surface area contributed by atoms with Gasteiger partial charge in [-0.15, -0.1) is 0 Å². The van der Waals surface area contributed by atoms with Crippen molar-refractivity contribution in [2.75, 3.05) is 4.72 Å². The Labute approximate surface area is 116 Å². The molecule has 0 radical (unpaired) electrons. The van der Waals surface area contributed by atoms with Gasteiger partial charge in [0.15, 0.2) is 0 Å². The van der Waals surface area contributed by atoms with Crippen LogP contribution in [0.2, 0.25) is 0 Å². The number of aromatic nitrogens is 2. The van der Waals surface area contributed by atoms with Crippen molar-refractivity contribution in [2.24, 2.45) is 12.8 Å². The van der Waals surface area contributed by atoms with Crippen LogP contribution in [0.3, 0.4) is 0 Å². The third-order valence-corrected chi connectivity index (χ3v) is 4.14. The monoisotopic (exact) mass is 298 g/mol. The van der Waals surface area contributed by atoms with Gasteiger partial charge in [0.2, 0.25) is 0 Å². The molecule has 8 heteroatoms. The SMILES string of the molecule is Cc1cc(NS(=O)(=O)c2ccc(F)c(CN)c2)n(C)n1. The zero-order valence-electron chi connectivity index (χ0n) is 11.1. The van der Waals surface area contributed by atoms with Crippen molar-refractivity contribution in [1.29, 1.82) is 0 Å². The predicted octanol–water partition coefficient (Wildman–Crippen LogP) is 1.13. The number of halogens is 1. The number of nitrogens with zero attached hydrogens (tertiary/aromatic N) is 2. The first-order chi connectivity index (χ1) is 9.33. The minimum atomic E-state index is -3.80. The summed E-state index contributed by atoms with van der Waals surface area (Å²) in [5.41, 5.74) is 6.21. The van der Waals surface area contributed by atoms with Crippen molar-refractivity contribution in [1.82, 2.24) is 9.78 Å². The van der Waals surface area contributed by atoms with Crippen molar-refractivity contribution in [3.05, 3.63) is 41.3 Å². The van der Waals surface area contributed by atoms with Gasteiger partial charge in [-0.3, -0.25) is 9.40 Å². The third kappa shape index (κ3) is 2.81. The maximum absolute atomic E-state index is 13.3. The quantitative estimate of drug-likeness (QED) is 0.885. The van der Waals surface area contributed by atoms with E-state index in [-0.39, 0.29) is 17.0 Å². The van der Waals surface area contributed by atoms with E-state index in [2.05, 4.69) is 9.82 Å². The molecule has 1 heterocycles. The van der Waals surface area contributed by atoms with Crippen LogP contribution in [0, 0.1) is 12.7 Å². The fourth-order valence-corrected chi connectivity index (χ4v) is 2.91. The molecule has 0 saturated heterocycles. The van der Waals surface area contributed by atoms with Gasteiger partial charge in [-0.1, -0.05) is 0 Å². The molecule has 0 unspecified atom stereocenters. The summed E-state index contributed by atoms with van der Waals surface area (Å²) in [5, 5.41) is 4.05. The van der Waals surface area contributed by atoms with Gasteiger partial charge < -0.3 is 5.73 Å². The molecule has 0 aliphatic rings. The number of aryl methyl sites for hydroxylation is 2. The Kier molecular flexibility index (Phi) is 3.78. The molecule has 3 N–H and O–H groups in total. The molecule has 2 rings (SSSR count). The Morgan fingerprint density at radius 2 is 2.10 bits per heavy atom. The van der Waals surface area contributed by atoms with Crippen LogP contribution in [0.4, 0.5) is 10.2 Å². The summed E-state index contributed by atoms with van der Waals surface area (Å²) in [5.74, 6) is -0.191. The molecule has 1 aromatic carbocycles. The highest BCUT2D eigenvalue weighted by molar-refractivity contribution is 7.92. The highest BCUT2D eigenvalue weighted by Gasteiger charge is 2.18. The lowest BCUT2D eigenvalue weighted by atomic mass is 10.2. The van der Waals surface area contributed by atoms with Crippen LogP contribution in [0.15, 0.2) is 29.2 Å². The van der Waals surface area contributed by atoms with Crippen molar-refractivity contribution in [3.8, 4) is 0 Å². The topological polar surface area (TPSA) is 90.0 Å². The Bertz CT molecular complexity index is 740. The molecular formula is C12H15FN4O2S. The Morgan fingerprint density at radius 3 is 2.65 bits per heavy atom. The lowest BCUT2D eigenvalue weighted by Gasteiger charge is -2.09. The molecule has 0 fully saturated rings. The number of sulfonamides is 1. The number of anilines is 1. The first-order valence-corrected chi connectivity index (χ1v) is 7.34. The zero-order chi connectivity index (χ0) is 14.9. The van der Waals surface area contributed by atoms with E-state index in [0.29, 0.717) is 11.5 Å². The van der Waals surface area contributed by atoms with Crippen LogP contribution in [-0.4, -0.2) is 18.2 Å². The highest BCUT2D eigenvalue weighted by atomic mass is 32.2. The van der Waals surface area contributed by atoms with E-state index in [0.717, 1.165) is 6.07 Å². The number of benzene rings is 1.